The first-order chi connectivity index (χ1) is 11.5. The fourth-order valence-corrected chi connectivity index (χ4v) is 3.59. The maximum absolute atomic E-state index is 12.9. The molecule has 0 aromatic carbocycles. The lowest BCUT2D eigenvalue weighted by molar-refractivity contribution is 0.0686. The number of aryl methyl sites for hydroxylation is 3. The number of amides is 1. The van der Waals surface area contributed by atoms with Gasteiger partial charge in [0.15, 0.2) is 5.65 Å². The van der Waals surface area contributed by atoms with Crippen LogP contribution in [-0.4, -0.2) is 52.3 Å². The van der Waals surface area contributed by atoms with Crippen molar-refractivity contribution in [3.05, 3.63) is 23.0 Å². The highest BCUT2D eigenvalue weighted by molar-refractivity contribution is 5.98. The first kappa shape index (κ1) is 16.9. The average molecular weight is 329 g/mol. The minimum Gasteiger partial charge on any atom is -0.339 e. The molecule has 1 aliphatic heterocycles. The Morgan fingerprint density at radius 3 is 2.67 bits per heavy atom. The van der Waals surface area contributed by atoms with Crippen molar-refractivity contribution in [2.45, 2.75) is 33.1 Å². The predicted octanol–water partition coefficient (Wildman–Crippen LogP) is 2.05. The normalized spacial score (nSPS) is 16.1. The molecule has 130 valence electrons. The third kappa shape index (κ3) is 3.15. The van der Waals surface area contributed by atoms with Gasteiger partial charge in [0.2, 0.25) is 0 Å². The van der Waals surface area contributed by atoms with Crippen LogP contribution in [0, 0.1) is 19.8 Å². The summed E-state index contributed by atoms with van der Waals surface area (Å²) in [5, 5.41) is 8.58. The molecule has 6 nitrogen and oxygen atoms in total. The van der Waals surface area contributed by atoms with E-state index in [4.69, 9.17) is 0 Å². The van der Waals surface area contributed by atoms with Crippen LogP contribution in [0.1, 0.15) is 41.0 Å². The monoisotopic (exact) mass is 329 g/mol. The quantitative estimate of drug-likeness (QED) is 0.932. The van der Waals surface area contributed by atoms with Crippen molar-refractivity contribution in [1.29, 1.82) is 0 Å². The number of piperidine rings is 1. The Balaban J connectivity index is 1.77. The third-order valence-electron chi connectivity index (χ3n) is 5.12. The molecule has 24 heavy (non-hydrogen) atoms. The molecule has 0 saturated carbocycles. The number of nitrogens with zero attached hydrogens (tertiary/aromatic N) is 4. The highest BCUT2D eigenvalue weighted by Crippen LogP contribution is 2.24. The number of carbonyl (C=O) groups excluding carboxylic acids is 1. The van der Waals surface area contributed by atoms with E-state index in [1.54, 1.807) is 4.68 Å². The van der Waals surface area contributed by atoms with Gasteiger partial charge in [0.25, 0.3) is 5.91 Å². The molecule has 1 saturated heterocycles. The van der Waals surface area contributed by atoms with Gasteiger partial charge in [0, 0.05) is 25.5 Å². The Kier molecular flexibility index (Phi) is 4.85. The second kappa shape index (κ2) is 6.89. The van der Waals surface area contributed by atoms with Crippen LogP contribution in [0.3, 0.4) is 0 Å². The van der Waals surface area contributed by atoms with Gasteiger partial charge in [-0.25, -0.2) is 4.98 Å². The zero-order chi connectivity index (χ0) is 17.3. The largest absolute Gasteiger partial charge is 0.339 e. The molecule has 3 rings (SSSR count). The van der Waals surface area contributed by atoms with Gasteiger partial charge in [-0.05, 0) is 58.7 Å². The van der Waals surface area contributed by atoms with Crippen molar-refractivity contribution in [2.75, 3.05) is 26.7 Å². The number of hydrogen-bond donors (Lipinski definition) is 1. The van der Waals surface area contributed by atoms with Crippen LogP contribution in [-0.2, 0) is 7.05 Å². The van der Waals surface area contributed by atoms with Crippen molar-refractivity contribution in [3.8, 4) is 0 Å². The number of likely N-dealkylation sites (tertiary alicyclic amines) is 1. The third-order valence-corrected chi connectivity index (χ3v) is 5.12. The van der Waals surface area contributed by atoms with Crippen molar-refractivity contribution >= 4 is 16.9 Å². The molecule has 0 aliphatic carbocycles. The maximum Gasteiger partial charge on any atom is 0.255 e. The number of rotatable bonds is 4. The van der Waals surface area contributed by atoms with Gasteiger partial charge in [-0.1, -0.05) is 0 Å². The molecular weight excluding hydrogens is 302 g/mol. The van der Waals surface area contributed by atoms with Crippen LogP contribution < -0.4 is 5.32 Å². The number of carbonyl (C=O) groups is 1. The van der Waals surface area contributed by atoms with Crippen LogP contribution in [0.25, 0.3) is 11.0 Å². The smallest absolute Gasteiger partial charge is 0.255 e. The second-order valence-corrected chi connectivity index (χ2v) is 6.83. The van der Waals surface area contributed by atoms with Gasteiger partial charge in [-0.15, -0.1) is 0 Å². The summed E-state index contributed by atoms with van der Waals surface area (Å²) in [4.78, 5) is 19.5. The second-order valence-electron chi connectivity index (χ2n) is 6.83. The molecule has 0 radical (unpaired) electrons. The van der Waals surface area contributed by atoms with E-state index in [0.29, 0.717) is 5.56 Å². The van der Waals surface area contributed by atoms with Crippen LogP contribution in [0.5, 0.6) is 0 Å². The molecule has 0 atom stereocenters. The zero-order valence-corrected chi connectivity index (χ0v) is 15.1. The number of nitrogens with one attached hydrogen (secondary N) is 1. The van der Waals surface area contributed by atoms with Gasteiger partial charge < -0.3 is 10.2 Å². The Labute approximate surface area is 143 Å². The minimum atomic E-state index is 0.109. The first-order valence-electron chi connectivity index (χ1n) is 8.76. The number of hydrogen-bond acceptors (Lipinski definition) is 4. The number of fused-ring (bicyclic) bond motifs is 1. The van der Waals surface area contributed by atoms with Gasteiger partial charge in [0.1, 0.15) is 0 Å². The first-order valence-corrected chi connectivity index (χ1v) is 8.76. The topological polar surface area (TPSA) is 63.1 Å². The molecule has 1 aliphatic rings. The SMILES string of the molecule is CNCCC1CCN(C(=O)c2cc3c(C)nn(C)c3nc2C)CC1. The van der Waals surface area contributed by atoms with Gasteiger partial charge in [-0.3, -0.25) is 9.48 Å². The maximum atomic E-state index is 12.9. The molecule has 3 heterocycles. The lowest BCUT2D eigenvalue weighted by Gasteiger charge is -2.32. The number of pyridine rings is 1. The standard InChI is InChI=1S/C18H27N5O/c1-12-16(11-15-13(2)21-22(4)17(15)20-12)18(24)23-9-6-14(7-10-23)5-8-19-3/h11,14,19H,5-10H2,1-4H3. The summed E-state index contributed by atoms with van der Waals surface area (Å²) in [6, 6.07) is 1.97. The predicted molar refractivity (Wildman–Crippen MR) is 95.2 cm³/mol. The van der Waals surface area contributed by atoms with Crippen LogP contribution in [0.4, 0.5) is 0 Å². The van der Waals surface area contributed by atoms with Crippen molar-refractivity contribution in [2.24, 2.45) is 13.0 Å². The van der Waals surface area contributed by atoms with E-state index >= 15 is 0 Å². The summed E-state index contributed by atoms with van der Waals surface area (Å²) in [5.41, 5.74) is 3.26. The zero-order valence-electron chi connectivity index (χ0n) is 15.1. The Bertz CT molecular complexity index is 743. The molecule has 6 heteroatoms. The van der Waals surface area contributed by atoms with E-state index in [2.05, 4.69) is 15.4 Å². The van der Waals surface area contributed by atoms with E-state index < -0.39 is 0 Å². The summed E-state index contributed by atoms with van der Waals surface area (Å²) >= 11 is 0. The molecule has 2 aromatic rings. The van der Waals surface area contributed by atoms with Crippen molar-refractivity contribution in [3.63, 3.8) is 0 Å². The van der Waals surface area contributed by atoms with Gasteiger partial charge in [-0.2, -0.15) is 5.10 Å². The highest BCUT2D eigenvalue weighted by Gasteiger charge is 2.25. The molecule has 0 unspecified atom stereocenters. The summed E-state index contributed by atoms with van der Waals surface area (Å²) in [6.45, 7) is 6.61. The van der Waals surface area contributed by atoms with E-state index in [1.807, 2.05) is 38.9 Å². The van der Waals surface area contributed by atoms with Crippen LogP contribution in [0.2, 0.25) is 0 Å². The molecule has 1 fully saturated rings. The van der Waals surface area contributed by atoms with E-state index in [-0.39, 0.29) is 5.91 Å². The molecule has 1 amide bonds. The molecule has 0 spiro atoms. The van der Waals surface area contributed by atoms with Crippen LogP contribution >= 0.6 is 0 Å². The van der Waals surface area contributed by atoms with E-state index in [0.717, 1.165) is 60.8 Å². The van der Waals surface area contributed by atoms with E-state index in [9.17, 15) is 4.79 Å². The average Bonchev–Trinajstić information content (AvgIpc) is 2.85. The fourth-order valence-electron chi connectivity index (χ4n) is 3.59. The van der Waals surface area contributed by atoms with Gasteiger partial charge >= 0.3 is 0 Å². The fraction of sp³-hybridized carbons (Fsp3) is 0.611. The Morgan fingerprint density at radius 2 is 2.00 bits per heavy atom. The number of aromatic nitrogens is 3. The van der Waals surface area contributed by atoms with Crippen LogP contribution in [0.15, 0.2) is 6.07 Å². The molecule has 2 aromatic heterocycles. The lowest BCUT2D eigenvalue weighted by Crippen LogP contribution is -2.39. The molecule has 1 N–H and O–H groups in total. The van der Waals surface area contributed by atoms with Crippen molar-refractivity contribution in [1.82, 2.24) is 25.0 Å². The molecule has 0 bridgehead atoms. The minimum absolute atomic E-state index is 0.109. The summed E-state index contributed by atoms with van der Waals surface area (Å²) in [5.74, 6) is 0.834. The highest BCUT2D eigenvalue weighted by atomic mass is 16.2. The van der Waals surface area contributed by atoms with Crippen molar-refractivity contribution < 1.29 is 4.79 Å². The summed E-state index contributed by atoms with van der Waals surface area (Å²) in [6.07, 6.45) is 3.38. The Hall–Kier alpha value is -1.95. The summed E-state index contributed by atoms with van der Waals surface area (Å²) in [7, 11) is 3.88. The van der Waals surface area contributed by atoms with E-state index in [1.165, 1.54) is 6.42 Å². The molecular formula is C18H27N5O. The lowest BCUT2D eigenvalue weighted by atomic mass is 9.93. The summed E-state index contributed by atoms with van der Waals surface area (Å²) < 4.78 is 1.78. The Morgan fingerprint density at radius 1 is 1.29 bits per heavy atom. The van der Waals surface area contributed by atoms with Gasteiger partial charge in [0.05, 0.1) is 17.0 Å².